The van der Waals surface area contributed by atoms with Crippen molar-refractivity contribution in [3.63, 3.8) is 0 Å². The summed E-state index contributed by atoms with van der Waals surface area (Å²) in [6.07, 6.45) is 2.69. The highest BCUT2D eigenvalue weighted by Gasteiger charge is 2.32. The van der Waals surface area contributed by atoms with E-state index in [4.69, 9.17) is 4.98 Å². The maximum absolute atomic E-state index is 13.1. The maximum atomic E-state index is 13.1. The van der Waals surface area contributed by atoms with Gasteiger partial charge in [0, 0.05) is 57.9 Å². The van der Waals surface area contributed by atoms with Gasteiger partial charge in [-0.1, -0.05) is 30.3 Å². The number of benzene rings is 1. The lowest BCUT2D eigenvalue weighted by molar-refractivity contribution is 0.101. The second kappa shape index (κ2) is 6.48. The molecule has 0 spiro atoms. The van der Waals surface area contributed by atoms with Crippen molar-refractivity contribution < 1.29 is 4.79 Å². The second-order valence-electron chi connectivity index (χ2n) is 6.60. The molecule has 1 heterocycles. The molecule has 1 aromatic heterocycles. The van der Waals surface area contributed by atoms with Crippen molar-refractivity contribution in [3.8, 4) is 0 Å². The number of aromatic nitrogens is 1. The first kappa shape index (κ1) is 16.2. The number of nitrogens with zero attached hydrogens (tertiary/aromatic N) is 3. The lowest BCUT2D eigenvalue weighted by Crippen LogP contribution is -2.26. The van der Waals surface area contributed by atoms with Gasteiger partial charge in [0.25, 0.3) is 0 Å². The molecule has 0 saturated heterocycles. The van der Waals surface area contributed by atoms with Crippen molar-refractivity contribution in [2.75, 3.05) is 33.1 Å². The van der Waals surface area contributed by atoms with Crippen LogP contribution in [-0.2, 0) is 6.42 Å². The number of anilines is 1. The predicted molar refractivity (Wildman–Crippen MR) is 97.6 cm³/mol. The summed E-state index contributed by atoms with van der Waals surface area (Å²) in [6, 6.07) is 14.0. The number of allylic oxidation sites excluding steroid dienone is 1. The van der Waals surface area contributed by atoms with E-state index < -0.39 is 0 Å². The molecule has 0 amide bonds. The number of hydrogen-bond donors (Lipinski definition) is 0. The van der Waals surface area contributed by atoms with Crippen molar-refractivity contribution in [1.29, 1.82) is 0 Å². The minimum Gasteiger partial charge on any atom is -0.383 e. The number of Topliss-reactive ketones (excluding diaryl/α,β-unsaturated/α-hetero) is 1. The van der Waals surface area contributed by atoms with Crippen LogP contribution in [0.15, 0.2) is 54.2 Å². The third-order valence-corrected chi connectivity index (χ3v) is 4.30. The van der Waals surface area contributed by atoms with Crippen molar-refractivity contribution >= 4 is 11.6 Å². The molecule has 1 aromatic carbocycles. The Labute approximate surface area is 143 Å². The highest BCUT2D eigenvalue weighted by Crippen LogP contribution is 2.36. The van der Waals surface area contributed by atoms with Crippen LogP contribution in [-0.4, -0.2) is 43.9 Å². The highest BCUT2D eigenvalue weighted by atomic mass is 16.1. The molecule has 124 valence electrons. The van der Waals surface area contributed by atoms with Gasteiger partial charge in [-0.05, 0) is 17.7 Å². The number of rotatable bonds is 3. The summed E-state index contributed by atoms with van der Waals surface area (Å²) < 4.78 is 0. The zero-order valence-corrected chi connectivity index (χ0v) is 14.7. The lowest BCUT2D eigenvalue weighted by atomic mass is 9.78. The number of fused-ring (bicyclic) bond motifs is 1. The van der Waals surface area contributed by atoms with Crippen LogP contribution < -0.4 is 4.90 Å². The van der Waals surface area contributed by atoms with E-state index in [1.165, 1.54) is 0 Å². The summed E-state index contributed by atoms with van der Waals surface area (Å²) in [5.41, 5.74) is 3.59. The average molecular weight is 321 g/mol. The first-order valence-electron chi connectivity index (χ1n) is 8.12. The summed E-state index contributed by atoms with van der Waals surface area (Å²) >= 11 is 0. The molecule has 3 rings (SSSR count). The molecule has 24 heavy (non-hydrogen) atoms. The monoisotopic (exact) mass is 321 g/mol. The third kappa shape index (κ3) is 3.04. The molecular weight excluding hydrogens is 298 g/mol. The van der Waals surface area contributed by atoms with E-state index in [1.807, 2.05) is 74.5 Å². The van der Waals surface area contributed by atoms with E-state index in [9.17, 15) is 4.79 Å². The quantitative estimate of drug-likeness (QED) is 0.814. The van der Waals surface area contributed by atoms with Crippen molar-refractivity contribution in [1.82, 2.24) is 9.88 Å². The van der Waals surface area contributed by atoms with Crippen molar-refractivity contribution in [2.45, 2.75) is 12.3 Å². The summed E-state index contributed by atoms with van der Waals surface area (Å²) in [6.45, 7) is 0. The zero-order chi connectivity index (χ0) is 17.3. The third-order valence-electron chi connectivity index (χ3n) is 4.30. The fourth-order valence-corrected chi connectivity index (χ4v) is 3.13. The summed E-state index contributed by atoms with van der Waals surface area (Å²) in [5.74, 6) is 1.00. The Balaban J connectivity index is 2.12. The molecule has 0 radical (unpaired) electrons. The molecule has 0 saturated carbocycles. The van der Waals surface area contributed by atoms with Crippen LogP contribution >= 0.6 is 0 Å². The Morgan fingerprint density at radius 3 is 2.38 bits per heavy atom. The molecule has 0 unspecified atom stereocenters. The van der Waals surface area contributed by atoms with Crippen molar-refractivity contribution in [3.05, 3.63) is 71.1 Å². The number of carbonyl (C=O) groups is 1. The second-order valence-corrected chi connectivity index (χ2v) is 6.60. The fraction of sp³-hybridized carbons (Fsp3) is 0.300. The molecule has 4 heteroatoms. The molecular formula is C20H23N3O. The molecule has 1 aliphatic rings. The van der Waals surface area contributed by atoms with Crippen LogP contribution in [0, 0.1) is 0 Å². The lowest BCUT2D eigenvalue weighted by Gasteiger charge is -2.28. The Kier molecular flexibility index (Phi) is 4.38. The fourth-order valence-electron chi connectivity index (χ4n) is 3.13. The van der Waals surface area contributed by atoms with Crippen molar-refractivity contribution in [2.24, 2.45) is 0 Å². The van der Waals surface area contributed by atoms with E-state index in [1.54, 1.807) is 0 Å². The molecule has 0 N–H and O–H groups in total. The largest absolute Gasteiger partial charge is 0.383 e. The zero-order valence-electron chi connectivity index (χ0n) is 14.7. The van der Waals surface area contributed by atoms with Gasteiger partial charge in [-0.25, -0.2) is 4.98 Å². The Bertz CT molecular complexity index is 779. The van der Waals surface area contributed by atoms with Gasteiger partial charge >= 0.3 is 0 Å². The molecule has 1 atom stereocenters. The van der Waals surface area contributed by atoms with E-state index in [0.29, 0.717) is 0 Å². The molecule has 4 nitrogen and oxygen atoms in total. The number of pyridine rings is 1. The van der Waals surface area contributed by atoms with Gasteiger partial charge in [0.15, 0.2) is 5.78 Å². The molecule has 1 aliphatic carbocycles. The predicted octanol–water partition coefficient (Wildman–Crippen LogP) is 3.12. The number of carbonyl (C=O) groups excluding carboxylic acids is 1. The Hall–Kier alpha value is -2.62. The van der Waals surface area contributed by atoms with Gasteiger partial charge in [-0.2, -0.15) is 0 Å². The maximum Gasteiger partial charge on any atom is 0.192 e. The van der Waals surface area contributed by atoms with E-state index in [0.717, 1.165) is 34.6 Å². The summed E-state index contributed by atoms with van der Waals surface area (Å²) in [7, 11) is 7.83. The Morgan fingerprint density at radius 1 is 1.04 bits per heavy atom. The number of ketones is 1. The smallest absolute Gasteiger partial charge is 0.192 e. The van der Waals surface area contributed by atoms with Gasteiger partial charge in [0.1, 0.15) is 5.82 Å². The van der Waals surface area contributed by atoms with Crippen LogP contribution in [0.2, 0.25) is 0 Å². The van der Waals surface area contributed by atoms with Crippen LogP contribution in [0.3, 0.4) is 0 Å². The minimum absolute atomic E-state index is 0.0403. The molecule has 2 aromatic rings. The standard InChI is InChI=1S/C20H23N3O/c1-22(2)13-17-16(14-8-6-5-7-9-14)12-18-15(20(17)24)10-11-19(21-18)23(3)4/h5-11,13,16H,12H2,1-4H3/b17-13-/t16-/m0/s1. The number of hydrogen-bond acceptors (Lipinski definition) is 4. The van der Waals surface area contributed by atoms with Crippen LogP contribution in [0.1, 0.15) is 27.5 Å². The first-order chi connectivity index (χ1) is 11.5. The molecule has 0 fully saturated rings. The highest BCUT2D eigenvalue weighted by molar-refractivity contribution is 6.11. The van der Waals surface area contributed by atoms with Gasteiger partial charge in [0.2, 0.25) is 0 Å². The first-order valence-corrected chi connectivity index (χ1v) is 8.12. The van der Waals surface area contributed by atoms with E-state index >= 15 is 0 Å². The van der Waals surface area contributed by atoms with E-state index in [-0.39, 0.29) is 11.7 Å². The van der Waals surface area contributed by atoms with Gasteiger partial charge in [-0.15, -0.1) is 0 Å². The minimum atomic E-state index is 0.0403. The van der Waals surface area contributed by atoms with Gasteiger partial charge < -0.3 is 9.80 Å². The topological polar surface area (TPSA) is 36.4 Å². The average Bonchev–Trinajstić information content (AvgIpc) is 2.57. The molecule has 0 aliphatic heterocycles. The molecule has 0 bridgehead atoms. The Morgan fingerprint density at radius 2 is 1.75 bits per heavy atom. The normalized spacial score (nSPS) is 18.4. The SMILES string of the molecule is CN(C)/C=C1\C(=O)c2ccc(N(C)C)nc2C[C@H]1c1ccccc1. The van der Waals surface area contributed by atoms with Crippen LogP contribution in [0.4, 0.5) is 5.82 Å². The van der Waals surface area contributed by atoms with Gasteiger partial charge in [0.05, 0.1) is 5.69 Å². The van der Waals surface area contributed by atoms with Gasteiger partial charge in [-0.3, -0.25) is 4.79 Å². The van der Waals surface area contributed by atoms with Crippen LogP contribution in [0.5, 0.6) is 0 Å². The van der Waals surface area contributed by atoms with E-state index in [2.05, 4.69) is 12.1 Å². The summed E-state index contributed by atoms with van der Waals surface area (Å²) in [4.78, 5) is 21.7. The van der Waals surface area contributed by atoms with Crippen LogP contribution in [0.25, 0.3) is 0 Å². The summed E-state index contributed by atoms with van der Waals surface area (Å²) in [5, 5.41) is 0.